The Hall–Kier alpha value is -3.90. The fourth-order valence-electron chi connectivity index (χ4n) is 3.55. The molecule has 2 aromatic rings. The average molecular weight is 545 g/mol. The van der Waals surface area contributed by atoms with E-state index in [2.05, 4.69) is 28.6 Å². The van der Waals surface area contributed by atoms with E-state index in [1.807, 2.05) is 0 Å². The maximum atomic E-state index is 13.3. The highest BCUT2D eigenvalue weighted by molar-refractivity contribution is 7.80. The van der Waals surface area contributed by atoms with Crippen molar-refractivity contribution in [3.05, 3.63) is 71.8 Å². The number of hydrogen-bond acceptors (Lipinski definition) is 7. The molecule has 0 saturated carbocycles. The molecule has 2 aromatic carbocycles. The van der Waals surface area contributed by atoms with E-state index < -0.39 is 60.2 Å². The molecule has 0 radical (unpaired) electrons. The van der Waals surface area contributed by atoms with Crippen LogP contribution in [0.4, 0.5) is 0 Å². The number of carbonyl (C=O) groups is 5. The predicted molar refractivity (Wildman–Crippen MR) is 142 cm³/mol. The number of benzene rings is 2. The van der Waals surface area contributed by atoms with Gasteiger partial charge in [-0.3, -0.25) is 19.2 Å². The van der Waals surface area contributed by atoms with Gasteiger partial charge in [-0.2, -0.15) is 12.6 Å². The van der Waals surface area contributed by atoms with Crippen LogP contribution < -0.4 is 21.7 Å². The third kappa shape index (κ3) is 10.2. The molecule has 0 spiro atoms. The first-order valence-corrected chi connectivity index (χ1v) is 12.5. The normalized spacial score (nSPS) is 13.8. The van der Waals surface area contributed by atoms with Crippen LogP contribution >= 0.6 is 12.6 Å². The Morgan fingerprint density at radius 3 is 1.63 bits per heavy atom. The van der Waals surface area contributed by atoms with Crippen molar-refractivity contribution < 1.29 is 34.2 Å². The van der Waals surface area contributed by atoms with E-state index in [-0.39, 0.29) is 25.0 Å². The summed E-state index contributed by atoms with van der Waals surface area (Å²) in [7, 11) is 0. The van der Waals surface area contributed by atoms with Crippen LogP contribution in [-0.2, 0) is 36.8 Å². The van der Waals surface area contributed by atoms with Gasteiger partial charge in [0.15, 0.2) is 0 Å². The maximum Gasteiger partial charge on any atom is 0.326 e. The number of nitrogens with one attached hydrogen (secondary N) is 3. The van der Waals surface area contributed by atoms with E-state index >= 15 is 0 Å². The quantitative estimate of drug-likeness (QED) is 0.154. The zero-order chi connectivity index (χ0) is 28.1. The van der Waals surface area contributed by atoms with E-state index in [4.69, 9.17) is 10.8 Å². The van der Waals surface area contributed by atoms with Gasteiger partial charge >= 0.3 is 11.9 Å². The second kappa shape index (κ2) is 15.4. The lowest BCUT2D eigenvalue weighted by Crippen LogP contribution is -2.58. The number of nitrogens with two attached hydrogens (primary N) is 1. The van der Waals surface area contributed by atoms with Gasteiger partial charge in [0.2, 0.25) is 17.7 Å². The van der Waals surface area contributed by atoms with Gasteiger partial charge in [-0.05, 0) is 17.5 Å². The molecule has 4 unspecified atom stereocenters. The van der Waals surface area contributed by atoms with Gasteiger partial charge in [-0.1, -0.05) is 60.7 Å². The lowest BCUT2D eigenvalue weighted by atomic mass is 10.0. The third-order valence-corrected chi connectivity index (χ3v) is 6.02. The zero-order valence-electron chi connectivity index (χ0n) is 20.6. The summed E-state index contributed by atoms with van der Waals surface area (Å²) in [5.41, 5.74) is 7.04. The summed E-state index contributed by atoms with van der Waals surface area (Å²) in [5.74, 6) is -4.70. The molecule has 7 N–H and O–H groups in total. The van der Waals surface area contributed by atoms with Gasteiger partial charge in [0.1, 0.15) is 18.1 Å². The fourth-order valence-corrected chi connectivity index (χ4v) is 3.72. The van der Waals surface area contributed by atoms with Gasteiger partial charge in [0.25, 0.3) is 0 Å². The molecule has 0 aliphatic carbocycles. The predicted octanol–water partition coefficient (Wildman–Crippen LogP) is 0.133. The summed E-state index contributed by atoms with van der Waals surface area (Å²) in [4.78, 5) is 61.7. The molecule has 0 aromatic heterocycles. The Balaban J connectivity index is 2.25. The Bertz CT molecular complexity index is 1100. The number of rotatable bonds is 15. The largest absolute Gasteiger partial charge is 0.481 e. The molecule has 0 bridgehead atoms. The van der Waals surface area contributed by atoms with Crippen molar-refractivity contribution in [2.24, 2.45) is 5.73 Å². The van der Waals surface area contributed by atoms with E-state index in [1.165, 1.54) is 0 Å². The minimum atomic E-state index is -1.30. The van der Waals surface area contributed by atoms with Crippen LogP contribution in [0, 0.1) is 0 Å². The van der Waals surface area contributed by atoms with Gasteiger partial charge in [-0.25, -0.2) is 4.79 Å². The van der Waals surface area contributed by atoms with Crippen LogP contribution in [-0.4, -0.2) is 69.8 Å². The number of hydrogen-bond donors (Lipinski definition) is 7. The lowest BCUT2D eigenvalue weighted by Gasteiger charge is -2.25. The van der Waals surface area contributed by atoms with Gasteiger partial charge < -0.3 is 31.9 Å². The van der Waals surface area contributed by atoms with Crippen molar-refractivity contribution in [1.29, 1.82) is 0 Å². The Morgan fingerprint density at radius 2 is 1.16 bits per heavy atom. The second-order valence-corrected chi connectivity index (χ2v) is 8.99. The van der Waals surface area contributed by atoms with Gasteiger partial charge in [-0.15, -0.1) is 0 Å². The molecule has 3 amide bonds. The van der Waals surface area contributed by atoms with Gasteiger partial charge in [0.05, 0.1) is 6.04 Å². The highest BCUT2D eigenvalue weighted by Gasteiger charge is 2.30. The number of carbonyl (C=O) groups excluding carboxylic acids is 3. The van der Waals surface area contributed by atoms with Crippen molar-refractivity contribution in [1.82, 2.24) is 16.0 Å². The average Bonchev–Trinajstić information content (AvgIpc) is 2.90. The van der Waals surface area contributed by atoms with Crippen LogP contribution in [0.5, 0.6) is 0 Å². The highest BCUT2D eigenvalue weighted by Crippen LogP contribution is 2.08. The molecule has 0 aliphatic rings. The second-order valence-electron chi connectivity index (χ2n) is 8.62. The summed E-state index contributed by atoms with van der Waals surface area (Å²) >= 11 is 3.95. The first-order valence-electron chi connectivity index (χ1n) is 11.9. The number of thiol groups is 1. The molecule has 0 aliphatic heterocycles. The summed E-state index contributed by atoms with van der Waals surface area (Å²) in [6.07, 6.45) is -0.640. The molecule has 204 valence electrons. The summed E-state index contributed by atoms with van der Waals surface area (Å²) in [6, 6.07) is 12.7. The third-order valence-electron chi connectivity index (χ3n) is 5.63. The molecule has 38 heavy (non-hydrogen) atoms. The fraction of sp³-hybridized carbons (Fsp3) is 0.346. The smallest absolute Gasteiger partial charge is 0.326 e. The Labute approximate surface area is 225 Å². The molecule has 4 atom stereocenters. The SMILES string of the molecule is NC(CS)C(=O)NC(CCC(=O)O)C(=O)NC(Cc1ccccc1)C(=O)NC(Cc1ccccc1)C(=O)O. The van der Waals surface area contributed by atoms with Crippen LogP contribution in [0.25, 0.3) is 0 Å². The Morgan fingerprint density at radius 1 is 0.711 bits per heavy atom. The molecule has 0 heterocycles. The lowest BCUT2D eigenvalue weighted by molar-refractivity contribution is -0.142. The number of aliphatic carboxylic acids is 2. The number of amides is 3. The number of carboxylic acids is 2. The highest BCUT2D eigenvalue weighted by atomic mass is 32.1. The summed E-state index contributed by atoms with van der Waals surface area (Å²) < 4.78 is 0. The van der Waals surface area contributed by atoms with Crippen LogP contribution in [0.3, 0.4) is 0 Å². The van der Waals surface area contributed by atoms with Crippen molar-refractivity contribution in [3.8, 4) is 0 Å². The topological polar surface area (TPSA) is 188 Å². The van der Waals surface area contributed by atoms with Gasteiger partial charge in [0, 0.05) is 25.0 Å². The van der Waals surface area contributed by atoms with E-state index in [0.29, 0.717) is 11.1 Å². The maximum absolute atomic E-state index is 13.3. The minimum Gasteiger partial charge on any atom is -0.481 e. The number of carboxylic acid groups (broad SMARTS) is 2. The standard InChI is InChI=1S/C26H32N4O7S/c27-18(15-38)23(33)28-19(11-12-22(31)32)24(34)29-20(13-16-7-3-1-4-8-16)25(35)30-21(26(36)37)14-17-9-5-2-6-10-17/h1-10,18-21,38H,11-15,27H2,(H,28,33)(H,29,34)(H,30,35)(H,31,32)(H,36,37). The Kier molecular flexibility index (Phi) is 12.3. The van der Waals surface area contributed by atoms with Crippen LogP contribution in [0.1, 0.15) is 24.0 Å². The van der Waals surface area contributed by atoms with Crippen molar-refractivity contribution in [3.63, 3.8) is 0 Å². The van der Waals surface area contributed by atoms with Crippen LogP contribution in [0.15, 0.2) is 60.7 Å². The molecule has 2 rings (SSSR count). The van der Waals surface area contributed by atoms with Crippen LogP contribution in [0.2, 0.25) is 0 Å². The van der Waals surface area contributed by atoms with Crippen molar-refractivity contribution >= 4 is 42.3 Å². The first kappa shape index (κ1) is 30.3. The zero-order valence-corrected chi connectivity index (χ0v) is 21.5. The van der Waals surface area contributed by atoms with Crippen molar-refractivity contribution in [2.45, 2.75) is 49.9 Å². The molecular weight excluding hydrogens is 512 g/mol. The monoisotopic (exact) mass is 544 g/mol. The molecule has 11 nitrogen and oxygen atoms in total. The summed E-state index contributed by atoms with van der Waals surface area (Å²) in [6.45, 7) is 0. The molecular formula is C26H32N4O7S. The van der Waals surface area contributed by atoms with E-state index in [1.54, 1.807) is 60.7 Å². The molecule has 12 heteroatoms. The first-order chi connectivity index (χ1) is 18.1. The molecule has 0 fully saturated rings. The minimum absolute atomic E-state index is 0.00384. The van der Waals surface area contributed by atoms with Crippen molar-refractivity contribution in [2.75, 3.05) is 5.75 Å². The molecule has 0 saturated heterocycles. The van der Waals surface area contributed by atoms with E-state index in [9.17, 15) is 29.1 Å². The van der Waals surface area contributed by atoms with E-state index in [0.717, 1.165) is 0 Å². The summed E-state index contributed by atoms with van der Waals surface area (Å²) in [5, 5.41) is 26.2.